The molecule has 1 saturated heterocycles. The molecule has 1 amide bonds. The van der Waals surface area contributed by atoms with E-state index in [1.165, 1.54) is 0 Å². The third-order valence-electron chi connectivity index (χ3n) is 3.52. The van der Waals surface area contributed by atoms with E-state index in [1.807, 2.05) is 34.9 Å². The summed E-state index contributed by atoms with van der Waals surface area (Å²) in [7, 11) is 1.60. The molecule has 0 aromatic heterocycles. The fourth-order valence-electron chi connectivity index (χ4n) is 2.24. The molecule has 1 heterocycles. The molecule has 0 radical (unpaired) electrons. The largest absolute Gasteiger partial charge is 0.496 e. The zero-order valence-electron chi connectivity index (χ0n) is 12.1. The van der Waals surface area contributed by atoms with Crippen molar-refractivity contribution in [1.82, 2.24) is 4.90 Å². The number of benzene rings is 1. The normalized spacial score (nSPS) is 18.5. The molecule has 0 N–H and O–H groups in total. The summed E-state index contributed by atoms with van der Waals surface area (Å²) in [5, 5.41) is 0. The lowest BCUT2D eigenvalue weighted by Crippen LogP contribution is -2.33. The second-order valence-corrected chi connectivity index (χ2v) is 8.21. The fourth-order valence-corrected chi connectivity index (χ4v) is 3.68. The van der Waals surface area contributed by atoms with Crippen LogP contribution in [0.3, 0.4) is 0 Å². The first-order valence-corrected chi connectivity index (χ1v) is 8.47. The molecule has 1 aliphatic heterocycles. The average molecular weight is 358 g/mol. The zero-order valence-corrected chi connectivity index (χ0v) is 14.5. The second-order valence-electron chi connectivity index (χ2n) is 5.49. The van der Waals surface area contributed by atoms with Crippen molar-refractivity contribution in [3.63, 3.8) is 0 Å². The minimum absolute atomic E-state index is 0.0626. The first-order chi connectivity index (χ1) is 9.43. The smallest absolute Gasteiger partial charge is 0.257 e. The van der Waals surface area contributed by atoms with Gasteiger partial charge in [-0.2, -0.15) is 11.8 Å². The highest BCUT2D eigenvalue weighted by Gasteiger charge is 2.27. The van der Waals surface area contributed by atoms with E-state index < -0.39 is 0 Å². The monoisotopic (exact) mass is 357 g/mol. The van der Waals surface area contributed by atoms with Gasteiger partial charge in [0.15, 0.2) is 0 Å². The lowest BCUT2D eigenvalue weighted by molar-refractivity contribution is 0.0761. The van der Waals surface area contributed by atoms with Gasteiger partial charge in [0, 0.05) is 28.1 Å². The maximum atomic E-state index is 12.7. The average Bonchev–Trinajstić information content (AvgIpc) is 2.59. The summed E-state index contributed by atoms with van der Waals surface area (Å²) in [4.78, 5) is 14.6. The maximum absolute atomic E-state index is 12.7. The molecule has 0 saturated carbocycles. The first-order valence-electron chi connectivity index (χ1n) is 6.70. The van der Waals surface area contributed by atoms with Gasteiger partial charge in [-0.1, -0.05) is 29.8 Å². The van der Waals surface area contributed by atoms with Crippen molar-refractivity contribution < 1.29 is 9.53 Å². The highest BCUT2D eigenvalue weighted by atomic mass is 79.9. The van der Waals surface area contributed by atoms with Gasteiger partial charge in [0.25, 0.3) is 5.91 Å². The molecule has 3 nitrogen and oxygen atoms in total. The summed E-state index contributed by atoms with van der Waals surface area (Å²) in [6.07, 6.45) is 1.02. The summed E-state index contributed by atoms with van der Waals surface area (Å²) >= 11 is 5.34. The number of nitrogens with zero attached hydrogens (tertiary/aromatic N) is 1. The third kappa shape index (κ3) is 3.70. The lowest BCUT2D eigenvalue weighted by Gasteiger charge is -2.23. The molecule has 1 aromatic carbocycles. The van der Waals surface area contributed by atoms with Crippen molar-refractivity contribution in [2.75, 3.05) is 26.0 Å². The fraction of sp³-hybridized carbons (Fsp3) is 0.533. The van der Waals surface area contributed by atoms with Crippen LogP contribution in [0, 0.1) is 0 Å². The van der Waals surface area contributed by atoms with Crippen molar-refractivity contribution in [3.05, 3.63) is 28.2 Å². The third-order valence-corrected chi connectivity index (χ3v) is 5.38. The van der Waals surface area contributed by atoms with Crippen LogP contribution >= 0.6 is 27.7 Å². The number of hydrogen-bond donors (Lipinski definition) is 0. The first kappa shape index (κ1) is 15.7. The van der Waals surface area contributed by atoms with Gasteiger partial charge < -0.3 is 9.64 Å². The molecule has 1 aromatic rings. The molecule has 1 fully saturated rings. The zero-order chi connectivity index (χ0) is 14.8. The standard InChI is InChI=1S/C15H20BrNO2S/c1-15(2)6-7-17(8-9-20-15)14(18)12-5-4-11(16)10-13(12)19-3/h4-5,10H,6-9H2,1-3H3. The van der Waals surface area contributed by atoms with Crippen molar-refractivity contribution in [3.8, 4) is 5.75 Å². The minimum Gasteiger partial charge on any atom is -0.496 e. The number of amides is 1. The Kier molecular flexibility index (Phi) is 5.02. The van der Waals surface area contributed by atoms with Gasteiger partial charge in [0.05, 0.1) is 12.7 Å². The van der Waals surface area contributed by atoms with E-state index in [1.54, 1.807) is 7.11 Å². The van der Waals surface area contributed by atoms with Crippen LogP contribution in [0.15, 0.2) is 22.7 Å². The van der Waals surface area contributed by atoms with Crippen molar-refractivity contribution in [2.24, 2.45) is 0 Å². The summed E-state index contributed by atoms with van der Waals surface area (Å²) < 4.78 is 6.49. The molecular weight excluding hydrogens is 338 g/mol. The molecule has 0 spiro atoms. The van der Waals surface area contributed by atoms with Gasteiger partial charge in [-0.15, -0.1) is 0 Å². The summed E-state index contributed by atoms with van der Waals surface area (Å²) in [6.45, 7) is 6.09. The Morgan fingerprint density at radius 2 is 2.15 bits per heavy atom. The molecule has 110 valence electrons. The van der Waals surface area contributed by atoms with Gasteiger partial charge in [0.1, 0.15) is 5.75 Å². The molecule has 0 atom stereocenters. The molecule has 0 bridgehead atoms. The van der Waals surface area contributed by atoms with Gasteiger partial charge in [-0.25, -0.2) is 0 Å². The quantitative estimate of drug-likeness (QED) is 0.805. The van der Waals surface area contributed by atoms with E-state index in [2.05, 4.69) is 29.8 Å². The van der Waals surface area contributed by atoms with Gasteiger partial charge in [-0.3, -0.25) is 4.79 Å². The predicted molar refractivity (Wildman–Crippen MR) is 87.8 cm³/mol. The van der Waals surface area contributed by atoms with E-state index in [0.717, 1.165) is 29.7 Å². The van der Waals surface area contributed by atoms with Crippen LogP contribution in [0.5, 0.6) is 5.75 Å². The highest BCUT2D eigenvalue weighted by molar-refractivity contribution is 9.10. The van der Waals surface area contributed by atoms with E-state index >= 15 is 0 Å². The Morgan fingerprint density at radius 3 is 2.85 bits per heavy atom. The molecule has 2 rings (SSSR count). The number of carbonyl (C=O) groups is 1. The summed E-state index contributed by atoms with van der Waals surface area (Å²) in [6, 6.07) is 5.55. The lowest BCUT2D eigenvalue weighted by atomic mass is 10.1. The van der Waals surface area contributed by atoms with Crippen LogP contribution in [-0.4, -0.2) is 41.5 Å². The molecule has 20 heavy (non-hydrogen) atoms. The summed E-state index contributed by atoms with van der Waals surface area (Å²) in [5.74, 6) is 1.67. The van der Waals surface area contributed by atoms with E-state index in [4.69, 9.17) is 4.74 Å². The topological polar surface area (TPSA) is 29.5 Å². The number of rotatable bonds is 2. The Balaban J connectivity index is 2.19. The number of methoxy groups -OCH3 is 1. The second kappa shape index (κ2) is 6.39. The SMILES string of the molecule is COc1cc(Br)ccc1C(=O)N1CCSC(C)(C)CC1. The summed E-state index contributed by atoms with van der Waals surface area (Å²) in [5.41, 5.74) is 0.639. The van der Waals surface area contributed by atoms with Crippen LogP contribution in [0.2, 0.25) is 0 Å². The minimum atomic E-state index is 0.0626. The van der Waals surface area contributed by atoms with E-state index in [0.29, 0.717) is 11.3 Å². The molecule has 0 aliphatic carbocycles. The molecule has 5 heteroatoms. The van der Waals surface area contributed by atoms with Gasteiger partial charge in [-0.05, 0) is 24.6 Å². The number of halogens is 1. The van der Waals surface area contributed by atoms with Crippen LogP contribution in [0.4, 0.5) is 0 Å². The number of thioether (sulfide) groups is 1. The Morgan fingerprint density at radius 1 is 1.40 bits per heavy atom. The maximum Gasteiger partial charge on any atom is 0.257 e. The Bertz CT molecular complexity index is 505. The predicted octanol–water partition coefficient (Wildman–Crippen LogP) is 3.82. The molecule has 1 aliphatic rings. The molecular formula is C15H20BrNO2S. The highest BCUT2D eigenvalue weighted by Crippen LogP contribution is 2.32. The van der Waals surface area contributed by atoms with Crippen molar-refractivity contribution in [1.29, 1.82) is 0 Å². The number of carbonyl (C=O) groups excluding carboxylic acids is 1. The van der Waals surface area contributed by atoms with E-state index in [9.17, 15) is 4.79 Å². The van der Waals surface area contributed by atoms with Crippen LogP contribution < -0.4 is 4.74 Å². The number of ether oxygens (including phenoxy) is 1. The van der Waals surface area contributed by atoms with E-state index in [-0.39, 0.29) is 10.7 Å². The Hall–Kier alpha value is -0.680. The van der Waals surface area contributed by atoms with Crippen LogP contribution in [-0.2, 0) is 0 Å². The number of hydrogen-bond acceptors (Lipinski definition) is 3. The molecule has 0 unspecified atom stereocenters. The van der Waals surface area contributed by atoms with Gasteiger partial charge in [0.2, 0.25) is 0 Å². The van der Waals surface area contributed by atoms with Crippen LogP contribution in [0.25, 0.3) is 0 Å². The Labute approximate surface area is 133 Å². The van der Waals surface area contributed by atoms with Crippen molar-refractivity contribution >= 4 is 33.6 Å². The van der Waals surface area contributed by atoms with Crippen LogP contribution in [0.1, 0.15) is 30.6 Å². The van der Waals surface area contributed by atoms with Crippen molar-refractivity contribution in [2.45, 2.75) is 25.0 Å². The van der Waals surface area contributed by atoms with Gasteiger partial charge >= 0.3 is 0 Å².